The third-order valence-electron chi connectivity index (χ3n) is 9.14. The van der Waals surface area contributed by atoms with Crippen molar-refractivity contribution in [2.75, 3.05) is 14.2 Å². The van der Waals surface area contributed by atoms with E-state index < -0.39 is 0 Å². The zero-order chi connectivity index (χ0) is 27.9. The van der Waals surface area contributed by atoms with Gasteiger partial charge in [0.15, 0.2) is 0 Å². The van der Waals surface area contributed by atoms with Gasteiger partial charge in [0.05, 0.1) is 14.2 Å². The third-order valence-corrected chi connectivity index (χ3v) is 9.14. The van der Waals surface area contributed by atoms with Gasteiger partial charge in [0, 0.05) is 0 Å². The third kappa shape index (κ3) is 2.99. The Labute approximate surface area is 243 Å². The number of methoxy groups -OCH3 is 2. The van der Waals surface area contributed by atoms with E-state index in [2.05, 4.69) is 121 Å². The van der Waals surface area contributed by atoms with Gasteiger partial charge in [-0.1, -0.05) is 97.1 Å². The van der Waals surface area contributed by atoms with E-state index in [-0.39, 0.29) is 0 Å². The second-order valence-corrected chi connectivity index (χ2v) is 11.1. The summed E-state index contributed by atoms with van der Waals surface area (Å²) in [4.78, 5) is 0. The lowest BCUT2D eigenvalue weighted by Crippen LogP contribution is -1.89. The molecule has 2 nitrogen and oxygen atoms in total. The molecule has 0 spiro atoms. The first-order valence-corrected chi connectivity index (χ1v) is 14.3. The standard InChI is InChI=1S/C40H26O2/c1-41-27-19-15-25(16-20-27)35-37-29-11-3-7-23-9-5-13-31(33(23)29)39(37)36(26-17-21-28(42-2)22-18-26)40-32-14-6-10-24-8-4-12-30(34(24)32)38(35)40/h3-22H,1-2H3. The quantitative estimate of drug-likeness (QED) is 0.222. The minimum absolute atomic E-state index is 0.859. The van der Waals surface area contributed by atoms with Crippen molar-refractivity contribution in [2.45, 2.75) is 0 Å². The lowest BCUT2D eigenvalue weighted by molar-refractivity contribution is 0.415. The molecule has 0 saturated heterocycles. The van der Waals surface area contributed by atoms with Crippen LogP contribution in [0.2, 0.25) is 0 Å². The highest BCUT2D eigenvalue weighted by Crippen LogP contribution is 2.55. The van der Waals surface area contributed by atoms with Crippen LogP contribution in [-0.2, 0) is 0 Å². The van der Waals surface area contributed by atoms with E-state index in [0.717, 1.165) is 11.5 Å². The molecule has 198 valence electrons. The summed E-state index contributed by atoms with van der Waals surface area (Å²) in [6, 6.07) is 44.1. The maximum absolute atomic E-state index is 5.57. The topological polar surface area (TPSA) is 18.5 Å². The molecule has 0 heterocycles. The smallest absolute Gasteiger partial charge is 0.118 e. The highest BCUT2D eigenvalue weighted by atomic mass is 16.5. The molecular formula is C40H26O2. The van der Waals surface area contributed by atoms with Gasteiger partial charge >= 0.3 is 0 Å². The summed E-state index contributed by atoms with van der Waals surface area (Å²) in [7, 11) is 3.45. The molecule has 42 heavy (non-hydrogen) atoms. The van der Waals surface area contributed by atoms with Crippen LogP contribution in [0.15, 0.2) is 121 Å². The Hall–Kier alpha value is -5.34. The van der Waals surface area contributed by atoms with Crippen molar-refractivity contribution in [1.82, 2.24) is 0 Å². The van der Waals surface area contributed by atoms with Gasteiger partial charge in [-0.25, -0.2) is 0 Å². The maximum Gasteiger partial charge on any atom is 0.118 e. The van der Waals surface area contributed by atoms with Crippen LogP contribution in [0.5, 0.6) is 11.5 Å². The molecule has 2 heteroatoms. The summed E-state index contributed by atoms with van der Waals surface area (Å²) < 4.78 is 11.1. The Kier molecular flexibility index (Phi) is 4.77. The van der Waals surface area contributed by atoms with Gasteiger partial charge in [-0.05, 0) is 111 Å². The van der Waals surface area contributed by atoms with Crippen LogP contribution in [-0.4, -0.2) is 14.2 Å². The number of hydrogen-bond acceptors (Lipinski definition) is 2. The average molecular weight is 539 g/mol. The first kappa shape index (κ1) is 23.4. The van der Waals surface area contributed by atoms with Crippen LogP contribution >= 0.6 is 0 Å². The van der Waals surface area contributed by atoms with Crippen molar-refractivity contribution in [3.63, 3.8) is 0 Å². The van der Waals surface area contributed by atoms with Crippen molar-refractivity contribution in [3.8, 4) is 33.8 Å². The van der Waals surface area contributed by atoms with Crippen LogP contribution in [0, 0.1) is 0 Å². The molecule has 9 aromatic carbocycles. The van der Waals surface area contributed by atoms with Gasteiger partial charge in [-0.2, -0.15) is 0 Å². The van der Waals surface area contributed by atoms with Crippen molar-refractivity contribution in [1.29, 1.82) is 0 Å². The van der Waals surface area contributed by atoms with Gasteiger partial charge in [-0.3, -0.25) is 0 Å². The summed E-state index contributed by atoms with van der Waals surface area (Å²) in [5.74, 6) is 1.72. The number of fused-ring (bicyclic) bond motifs is 6. The first-order valence-electron chi connectivity index (χ1n) is 14.3. The molecule has 0 bridgehead atoms. The summed E-state index contributed by atoms with van der Waals surface area (Å²) in [5.41, 5.74) is 4.96. The van der Waals surface area contributed by atoms with Crippen LogP contribution in [0.1, 0.15) is 0 Å². The molecule has 0 aromatic heterocycles. The van der Waals surface area contributed by atoms with E-state index in [1.165, 1.54) is 86.9 Å². The van der Waals surface area contributed by atoms with Gasteiger partial charge < -0.3 is 9.47 Å². The second-order valence-electron chi connectivity index (χ2n) is 11.1. The lowest BCUT2D eigenvalue weighted by atomic mass is 9.87. The molecule has 0 radical (unpaired) electrons. The van der Waals surface area contributed by atoms with Gasteiger partial charge in [0.1, 0.15) is 11.5 Å². The summed E-state index contributed by atoms with van der Waals surface area (Å²) >= 11 is 0. The highest BCUT2D eigenvalue weighted by Gasteiger charge is 2.27. The second kappa shape index (κ2) is 8.58. The van der Waals surface area contributed by atoms with Crippen LogP contribution in [0.25, 0.3) is 86.9 Å². The molecule has 0 unspecified atom stereocenters. The largest absolute Gasteiger partial charge is 0.497 e. The number of rotatable bonds is 4. The fourth-order valence-electron chi connectivity index (χ4n) is 7.44. The molecule has 9 aromatic rings. The SMILES string of the molecule is COc1ccc(-c2c3c4cccc5cccc(c3c(-c3ccc(OC)cc3)c3c6cccc7cccc(c23)c76)c54)cc1. The van der Waals surface area contributed by atoms with E-state index in [9.17, 15) is 0 Å². The fraction of sp³-hybridized carbons (Fsp3) is 0.0500. The predicted molar refractivity (Wildman–Crippen MR) is 178 cm³/mol. The van der Waals surface area contributed by atoms with E-state index in [1.807, 2.05) is 0 Å². The van der Waals surface area contributed by atoms with E-state index in [4.69, 9.17) is 9.47 Å². The Bertz CT molecular complexity index is 2160. The van der Waals surface area contributed by atoms with Crippen molar-refractivity contribution < 1.29 is 9.47 Å². The molecular weight excluding hydrogens is 512 g/mol. The molecule has 0 aliphatic rings. The molecule has 0 saturated carbocycles. The van der Waals surface area contributed by atoms with Gasteiger partial charge in [-0.15, -0.1) is 0 Å². The molecule has 0 N–H and O–H groups in total. The zero-order valence-corrected chi connectivity index (χ0v) is 23.4. The minimum atomic E-state index is 0.859. The van der Waals surface area contributed by atoms with Crippen LogP contribution < -0.4 is 9.47 Å². The maximum atomic E-state index is 5.57. The van der Waals surface area contributed by atoms with Crippen LogP contribution in [0.3, 0.4) is 0 Å². The number of benzene rings is 7. The van der Waals surface area contributed by atoms with Crippen LogP contribution in [0.4, 0.5) is 0 Å². The van der Waals surface area contributed by atoms with Gasteiger partial charge in [0.2, 0.25) is 0 Å². The molecule has 9 rings (SSSR count). The Balaban J connectivity index is 1.64. The zero-order valence-electron chi connectivity index (χ0n) is 23.4. The Morgan fingerprint density at radius 1 is 0.333 bits per heavy atom. The van der Waals surface area contributed by atoms with Crippen molar-refractivity contribution in [2.24, 2.45) is 0 Å². The lowest BCUT2D eigenvalue weighted by Gasteiger charge is -2.16. The van der Waals surface area contributed by atoms with E-state index in [0.29, 0.717) is 0 Å². The fourth-order valence-corrected chi connectivity index (χ4v) is 7.44. The highest BCUT2D eigenvalue weighted by molar-refractivity contribution is 6.46. The van der Waals surface area contributed by atoms with Gasteiger partial charge in [0.25, 0.3) is 0 Å². The average Bonchev–Trinajstić information content (AvgIpc) is 3.56. The summed E-state index contributed by atoms with van der Waals surface area (Å²) in [6.07, 6.45) is 0. The van der Waals surface area contributed by atoms with E-state index in [1.54, 1.807) is 14.2 Å². The molecule has 0 amide bonds. The van der Waals surface area contributed by atoms with Crippen molar-refractivity contribution in [3.05, 3.63) is 121 Å². The minimum Gasteiger partial charge on any atom is -0.497 e. The Morgan fingerprint density at radius 2 is 0.643 bits per heavy atom. The molecule has 0 aliphatic heterocycles. The number of ether oxygens (including phenoxy) is 2. The Morgan fingerprint density at radius 3 is 0.929 bits per heavy atom. The summed E-state index contributed by atoms with van der Waals surface area (Å²) in [5, 5.41) is 15.6. The van der Waals surface area contributed by atoms with Crippen molar-refractivity contribution >= 4 is 64.6 Å². The predicted octanol–water partition coefficient (Wildman–Crippen LogP) is 10.8. The first-order chi connectivity index (χ1) is 20.8. The molecule has 0 atom stereocenters. The number of hydrogen-bond donors (Lipinski definition) is 0. The molecule has 0 aliphatic carbocycles. The summed E-state index contributed by atoms with van der Waals surface area (Å²) in [6.45, 7) is 0. The molecule has 0 fully saturated rings. The normalized spacial score (nSPS) is 12.0. The monoisotopic (exact) mass is 538 g/mol. The van der Waals surface area contributed by atoms with E-state index >= 15 is 0 Å².